The van der Waals surface area contributed by atoms with E-state index in [1.807, 2.05) is 18.2 Å². The fraction of sp³-hybridized carbons (Fsp3) is 0. The van der Waals surface area contributed by atoms with Crippen LogP contribution in [-0.2, 0) is 0 Å². The molecule has 4 heteroatoms. The first-order chi connectivity index (χ1) is 10.7. The Morgan fingerprint density at radius 2 is 1.45 bits per heavy atom. The van der Waals surface area contributed by atoms with Crippen LogP contribution in [0, 0.1) is 0 Å². The van der Waals surface area contributed by atoms with Gasteiger partial charge in [0.25, 0.3) is 0 Å². The molecule has 0 radical (unpaired) electrons. The molecule has 4 rings (SSSR count). The van der Waals surface area contributed by atoms with Crippen molar-refractivity contribution in [1.29, 1.82) is 0 Å². The third-order valence-corrected chi connectivity index (χ3v) is 5.05. The molecule has 0 amide bonds. The van der Waals surface area contributed by atoms with Crippen LogP contribution < -0.4 is 5.46 Å². The Labute approximate surface area is 132 Å². The highest BCUT2D eigenvalue weighted by atomic mass is 32.1. The van der Waals surface area contributed by atoms with Gasteiger partial charge < -0.3 is 10.0 Å². The van der Waals surface area contributed by atoms with E-state index >= 15 is 0 Å². The quantitative estimate of drug-likeness (QED) is 0.557. The Morgan fingerprint density at radius 3 is 2.32 bits per heavy atom. The molecule has 0 bridgehead atoms. The van der Waals surface area contributed by atoms with Crippen LogP contribution in [0.1, 0.15) is 0 Å². The number of hydrogen-bond donors (Lipinski definition) is 2. The topological polar surface area (TPSA) is 40.5 Å². The second-order valence-electron chi connectivity index (χ2n) is 5.31. The lowest BCUT2D eigenvalue weighted by Gasteiger charge is -2.05. The molecule has 0 saturated carbocycles. The first-order valence-corrected chi connectivity index (χ1v) is 7.92. The van der Waals surface area contributed by atoms with Crippen LogP contribution in [-0.4, -0.2) is 17.2 Å². The molecule has 2 nitrogen and oxygen atoms in total. The van der Waals surface area contributed by atoms with Crippen molar-refractivity contribution in [3.8, 4) is 11.1 Å². The monoisotopic (exact) mass is 304 g/mol. The molecule has 1 heterocycles. The van der Waals surface area contributed by atoms with E-state index in [9.17, 15) is 10.0 Å². The molecule has 0 fully saturated rings. The Balaban J connectivity index is 1.92. The van der Waals surface area contributed by atoms with E-state index in [0.717, 1.165) is 11.1 Å². The predicted octanol–water partition coefficient (Wildman–Crippen LogP) is 3.40. The zero-order valence-electron chi connectivity index (χ0n) is 11.7. The lowest BCUT2D eigenvalue weighted by molar-refractivity contribution is 0.426. The van der Waals surface area contributed by atoms with Crippen molar-refractivity contribution in [3.05, 3.63) is 66.7 Å². The molecular weight excluding hydrogens is 291 g/mol. The number of rotatable bonds is 2. The van der Waals surface area contributed by atoms with Gasteiger partial charge in [0.05, 0.1) is 0 Å². The maximum Gasteiger partial charge on any atom is 0.488 e. The third kappa shape index (κ3) is 2.22. The van der Waals surface area contributed by atoms with Gasteiger partial charge in [-0.3, -0.25) is 0 Å². The van der Waals surface area contributed by atoms with E-state index in [4.69, 9.17) is 0 Å². The highest BCUT2D eigenvalue weighted by Crippen LogP contribution is 2.35. The van der Waals surface area contributed by atoms with E-state index in [2.05, 4.69) is 42.5 Å². The fourth-order valence-corrected chi connectivity index (χ4v) is 3.87. The van der Waals surface area contributed by atoms with E-state index in [1.165, 1.54) is 20.2 Å². The molecule has 2 N–H and O–H groups in total. The van der Waals surface area contributed by atoms with Gasteiger partial charge in [-0.05, 0) is 34.8 Å². The first kappa shape index (κ1) is 13.5. The summed E-state index contributed by atoms with van der Waals surface area (Å²) >= 11 is 1.79. The summed E-state index contributed by atoms with van der Waals surface area (Å²) in [6.07, 6.45) is 0. The summed E-state index contributed by atoms with van der Waals surface area (Å²) in [4.78, 5) is 0. The van der Waals surface area contributed by atoms with Gasteiger partial charge in [0.2, 0.25) is 0 Å². The minimum absolute atomic E-state index is 0.507. The van der Waals surface area contributed by atoms with Crippen molar-refractivity contribution in [2.75, 3.05) is 0 Å². The lowest BCUT2D eigenvalue weighted by Crippen LogP contribution is -2.29. The summed E-state index contributed by atoms with van der Waals surface area (Å²) in [7, 11) is -1.44. The molecule has 0 saturated heterocycles. The van der Waals surface area contributed by atoms with Gasteiger partial charge in [0.1, 0.15) is 0 Å². The molecule has 0 aliphatic rings. The maximum atomic E-state index is 9.33. The van der Waals surface area contributed by atoms with Crippen molar-refractivity contribution in [1.82, 2.24) is 0 Å². The zero-order valence-corrected chi connectivity index (χ0v) is 12.5. The van der Waals surface area contributed by atoms with Crippen molar-refractivity contribution in [2.45, 2.75) is 0 Å². The number of fused-ring (bicyclic) bond motifs is 3. The third-order valence-electron chi connectivity index (χ3n) is 3.89. The van der Waals surface area contributed by atoms with Gasteiger partial charge in [0, 0.05) is 20.2 Å². The Morgan fingerprint density at radius 1 is 0.682 bits per heavy atom. The molecule has 106 valence electrons. The standard InChI is InChI=1S/C18H13BO2S/c20-19(21)14-5-3-4-12(10-14)13-8-9-18-16(11-13)15-6-1-2-7-17(15)22-18/h1-11,20-21H. The maximum absolute atomic E-state index is 9.33. The average molecular weight is 304 g/mol. The van der Waals surface area contributed by atoms with E-state index in [-0.39, 0.29) is 0 Å². The minimum atomic E-state index is -1.44. The second kappa shape index (κ2) is 5.25. The normalized spacial score (nSPS) is 11.2. The van der Waals surface area contributed by atoms with Crippen LogP contribution in [0.2, 0.25) is 0 Å². The van der Waals surface area contributed by atoms with Gasteiger partial charge in [-0.2, -0.15) is 0 Å². The fourth-order valence-electron chi connectivity index (χ4n) is 2.78. The van der Waals surface area contributed by atoms with Crippen LogP contribution in [0.5, 0.6) is 0 Å². The Kier molecular flexibility index (Phi) is 3.23. The molecule has 0 aliphatic carbocycles. The second-order valence-corrected chi connectivity index (χ2v) is 6.39. The van der Waals surface area contributed by atoms with Crippen molar-refractivity contribution < 1.29 is 10.0 Å². The molecule has 22 heavy (non-hydrogen) atoms. The molecule has 0 spiro atoms. The van der Waals surface area contributed by atoms with Gasteiger partial charge in [-0.15, -0.1) is 11.3 Å². The number of thiophene rings is 1. The van der Waals surface area contributed by atoms with Crippen molar-refractivity contribution >= 4 is 44.1 Å². The van der Waals surface area contributed by atoms with E-state index in [0.29, 0.717) is 5.46 Å². The Hall–Kier alpha value is -2.14. The van der Waals surface area contributed by atoms with Gasteiger partial charge >= 0.3 is 7.12 Å². The highest BCUT2D eigenvalue weighted by molar-refractivity contribution is 7.25. The van der Waals surface area contributed by atoms with Crippen LogP contribution >= 0.6 is 11.3 Å². The first-order valence-electron chi connectivity index (χ1n) is 7.10. The molecule has 3 aromatic carbocycles. The zero-order chi connectivity index (χ0) is 15.1. The molecule has 4 aromatic rings. The minimum Gasteiger partial charge on any atom is -0.423 e. The van der Waals surface area contributed by atoms with Crippen LogP contribution in [0.3, 0.4) is 0 Å². The molecule has 1 aromatic heterocycles. The molecule has 0 unspecified atom stereocenters. The smallest absolute Gasteiger partial charge is 0.423 e. The molecule has 0 aliphatic heterocycles. The lowest BCUT2D eigenvalue weighted by atomic mass is 9.79. The molecular formula is C18H13BO2S. The summed E-state index contributed by atoms with van der Waals surface area (Å²) in [6.45, 7) is 0. The summed E-state index contributed by atoms with van der Waals surface area (Å²) in [6, 6.07) is 22.2. The van der Waals surface area contributed by atoms with Crippen LogP contribution in [0.15, 0.2) is 66.7 Å². The van der Waals surface area contributed by atoms with Crippen molar-refractivity contribution in [2.24, 2.45) is 0 Å². The summed E-state index contributed by atoms with van der Waals surface area (Å²) in [5.74, 6) is 0. The number of hydrogen-bond acceptors (Lipinski definition) is 3. The predicted molar refractivity (Wildman–Crippen MR) is 94.6 cm³/mol. The summed E-state index contributed by atoms with van der Waals surface area (Å²) in [5, 5.41) is 21.2. The largest absolute Gasteiger partial charge is 0.488 e. The summed E-state index contributed by atoms with van der Waals surface area (Å²) in [5.41, 5.74) is 2.58. The average Bonchev–Trinajstić information content (AvgIpc) is 2.92. The van der Waals surface area contributed by atoms with Gasteiger partial charge in [-0.25, -0.2) is 0 Å². The SMILES string of the molecule is OB(O)c1cccc(-c2ccc3sc4ccccc4c3c2)c1. The van der Waals surface area contributed by atoms with Gasteiger partial charge in [0.15, 0.2) is 0 Å². The Bertz CT molecular complexity index is 975. The molecule has 0 atom stereocenters. The van der Waals surface area contributed by atoms with Crippen molar-refractivity contribution in [3.63, 3.8) is 0 Å². The van der Waals surface area contributed by atoms with Crippen LogP contribution in [0.25, 0.3) is 31.3 Å². The van der Waals surface area contributed by atoms with E-state index in [1.54, 1.807) is 17.4 Å². The van der Waals surface area contributed by atoms with Gasteiger partial charge in [-0.1, -0.05) is 48.5 Å². The number of benzene rings is 3. The summed E-state index contributed by atoms with van der Waals surface area (Å²) < 4.78 is 2.55. The van der Waals surface area contributed by atoms with Crippen LogP contribution in [0.4, 0.5) is 0 Å². The van der Waals surface area contributed by atoms with E-state index < -0.39 is 7.12 Å². The highest BCUT2D eigenvalue weighted by Gasteiger charge is 2.12.